The van der Waals surface area contributed by atoms with E-state index in [1.165, 1.54) is 36.4 Å². The van der Waals surface area contributed by atoms with Crippen LogP contribution in [0.25, 0.3) is 0 Å². The first kappa shape index (κ1) is 24.1. The van der Waals surface area contributed by atoms with E-state index in [9.17, 15) is 24.1 Å². The van der Waals surface area contributed by atoms with Crippen molar-refractivity contribution in [2.75, 3.05) is 11.1 Å². The van der Waals surface area contributed by atoms with Crippen molar-refractivity contribution in [2.45, 2.75) is 18.1 Å². The summed E-state index contributed by atoms with van der Waals surface area (Å²) >= 11 is 7.07. The Balaban J connectivity index is 1.61. The van der Waals surface area contributed by atoms with Crippen molar-refractivity contribution in [3.05, 3.63) is 74.8 Å². The molecule has 2 N–H and O–H groups in total. The second-order valence-electron chi connectivity index (χ2n) is 6.83. The Labute approximate surface area is 196 Å². The van der Waals surface area contributed by atoms with E-state index in [2.05, 4.69) is 20.8 Å². The summed E-state index contributed by atoms with van der Waals surface area (Å²) in [5.41, 5.74) is -0.163. The van der Waals surface area contributed by atoms with Crippen LogP contribution in [0.3, 0.4) is 0 Å². The zero-order valence-electron chi connectivity index (χ0n) is 17.4. The molecule has 1 aromatic heterocycles. The number of carbonyl (C=O) groups excluding carboxylic acids is 2. The molecule has 0 aliphatic carbocycles. The number of non-ortho nitro benzene ring substituents is 1. The zero-order valence-corrected chi connectivity index (χ0v) is 19.0. The molecule has 0 saturated carbocycles. The van der Waals surface area contributed by atoms with Crippen molar-refractivity contribution in [3.63, 3.8) is 0 Å². The summed E-state index contributed by atoms with van der Waals surface area (Å²) in [4.78, 5) is 34.9. The fourth-order valence-corrected chi connectivity index (χ4v) is 3.74. The van der Waals surface area contributed by atoms with Crippen LogP contribution >= 0.6 is 23.4 Å². The molecule has 172 valence electrons. The highest BCUT2D eigenvalue weighted by molar-refractivity contribution is 7.99. The van der Waals surface area contributed by atoms with Gasteiger partial charge < -0.3 is 15.2 Å². The molecule has 10 nitrogen and oxygen atoms in total. The van der Waals surface area contributed by atoms with Gasteiger partial charge in [-0.25, -0.2) is 4.39 Å². The van der Waals surface area contributed by atoms with Crippen LogP contribution in [0.4, 0.5) is 15.8 Å². The Hall–Kier alpha value is -3.51. The lowest BCUT2D eigenvalue weighted by Gasteiger charge is -2.14. The van der Waals surface area contributed by atoms with E-state index in [1.54, 1.807) is 24.6 Å². The third-order valence-electron chi connectivity index (χ3n) is 4.49. The lowest BCUT2D eigenvalue weighted by molar-refractivity contribution is -0.384. The molecule has 0 fully saturated rings. The third-order valence-corrected chi connectivity index (χ3v) is 5.84. The first-order chi connectivity index (χ1) is 15.7. The Kier molecular flexibility index (Phi) is 7.61. The molecule has 3 aromatic rings. The maximum absolute atomic E-state index is 13.8. The van der Waals surface area contributed by atoms with Crippen LogP contribution in [0.5, 0.6) is 0 Å². The number of aromatic nitrogens is 3. The first-order valence-electron chi connectivity index (χ1n) is 9.48. The van der Waals surface area contributed by atoms with Gasteiger partial charge in [-0.2, -0.15) is 0 Å². The lowest BCUT2D eigenvalue weighted by atomic mass is 10.2. The summed E-state index contributed by atoms with van der Waals surface area (Å²) in [5.74, 6) is -1.34. The summed E-state index contributed by atoms with van der Waals surface area (Å²) < 4.78 is 15.4. The van der Waals surface area contributed by atoms with E-state index in [-0.39, 0.29) is 27.7 Å². The van der Waals surface area contributed by atoms with E-state index in [1.807, 2.05) is 0 Å². The number of benzene rings is 2. The van der Waals surface area contributed by atoms with E-state index < -0.39 is 28.6 Å². The summed E-state index contributed by atoms with van der Waals surface area (Å²) in [6.45, 7) is 1.67. The second kappa shape index (κ2) is 10.4. The first-order valence-corrected chi connectivity index (χ1v) is 10.8. The van der Waals surface area contributed by atoms with Crippen LogP contribution in [-0.2, 0) is 11.8 Å². The van der Waals surface area contributed by atoms with Gasteiger partial charge in [0.2, 0.25) is 5.91 Å². The fourth-order valence-electron chi connectivity index (χ4n) is 2.85. The topological polar surface area (TPSA) is 132 Å². The number of carbonyl (C=O) groups is 2. The van der Waals surface area contributed by atoms with E-state index in [4.69, 9.17) is 11.6 Å². The monoisotopic (exact) mass is 492 g/mol. The minimum Gasteiger partial charge on any atom is -0.342 e. The van der Waals surface area contributed by atoms with Crippen molar-refractivity contribution in [2.24, 2.45) is 7.05 Å². The van der Waals surface area contributed by atoms with Gasteiger partial charge in [-0.1, -0.05) is 35.5 Å². The smallest absolute Gasteiger partial charge is 0.271 e. The van der Waals surface area contributed by atoms with Gasteiger partial charge in [0.25, 0.3) is 11.6 Å². The summed E-state index contributed by atoms with van der Waals surface area (Å²) in [6.07, 6.45) is 0. The van der Waals surface area contributed by atoms with Crippen molar-refractivity contribution < 1.29 is 18.9 Å². The third kappa shape index (κ3) is 5.84. The minimum absolute atomic E-state index is 0.0685. The number of nitrogens with one attached hydrogen (secondary N) is 2. The Morgan fingerprint density at radius 2 is 2.00 bits per heavy atom. The lowest BCUT2D eigenvalue weighted by Crippen LogP contribution is -2.29. The number of nitro groups is 1. The average molecular weight is 493 g/mol. The number of anilines is 1. The van der Waals surface area contributed by atoms with Crippen LogP contribution < -0.4 is 10.6 Å². The van der Waals surface area contributed by atoms with Crippen LogP contribution in [0.1, 0.15) is 29.1 Å². The second-order valence-corrected chi connectivity index (χ2v) is 8.18. The average Bonchev–Trinajstić information content (AvgIpc) is 3.14. The summed E-state index contributed by atoms with van der Waals surface area (Å²) in [7, 11) is 1.67. The van der Waals surface area contributed by atoms with Gasteiger partial charge in [-0.3, -0.25) is 19.7 Å². The quantitative estimate of drug-likeness (QED) is 0.278. The Bertz CT molecular complexity index is 1220. The maximum atomic E-state index is 13.8. The van der Waals surface area contributed by atoms with Crippen LogP contribution in [0, 0.1) is 15.9 Å². The molecule has 0 radical (unpaired) electrons. The highest BCUT2D eigenvalue weighted by Gasteiger charge is 2.20. The van der Waals surface area contributed by atoms with E-state index >= 15 is 0 Å². The van der Waals surface area contributed by atoms with Crippen molar-refractivity contribution in [3.8, 4) is 0 Å². The number of hydrogen-bond donors (Lipinski definition) is 2. The fraction of sp³-hybridized carbons (Fsp3) is 0.200. The molecule has 0 saturated heterocycles. The Morgan fingerprint density at radius 1 is 1.27 bits per heavy atom. The minimum atomic E-state index is -0.633. The van der Waals surface area contributed by atoms with Crippen molar-refractivity contribution >= 4 is 46.6 Å². The molecule has 0 aliphatic rings. The van der Waals surface area contributed by atoms with Crippen LogP contribution in [-0.4, -0.2) is 37.3 Å². The standard InChI is InChI=1S/C20H18ClFN6O4S/c1-11(23-19(30)13-5-3-4-6-15(13)22)18-25-26-20(27(18)2)33-10-17(29)24-16-9-12(28(31)32)7-8-14(16)21/h3-9,11H,10H2,1-2H3,(H,23,30)(H,24,29)/t11-/m1/s1. The summed E-state index contributed by atoms with van der Waals surface area (Å²) in [6, 6.07) is 8.78. The number of nitro benzene ring substituents is 1. The SMILES string of the molecule is C[C@@H](NC(=O)c1ccccc1F)c1nnc(SCC(=O)Nc2cc([N+](=O)[O-])ccc2Cl)n1C. The van der Waals surface area contributed by atoms with Crippen molar-refractivity contribution in [1.29, 1.82) is 0 Å². The number of amides is 2. The molecule has 2 amide bonds. The molecule has 0 unspecified atom stereocenters. The molecular formula is C20H18ClFN6O4S. The molecule has 0 spiro atoms. The number of rotatable bonds is 8. The Morgan fingerprint density at radius 3 is 2.70 bits per heavy atom. The van der Waals surface area contributed by atoms with Gasteiger partial charge in [0.1, 0.15) is 5.82 Å². The van der Waals surface area contributed by atoms with Gasteiger partial charge >= 0.3 is 0 Å². The van der Waals surface area contributed by atoms with Gasteiger partial charge in [0.05, 0.1) is 33.0 Å². The van der Waals surface area contributed by atoms with Crippen molar-refractivity contribution in [1.82, 2.24) is 20.1 Å². The molecule has 0 bridgehead atoms. The number of thioether (sulfide) groups is 1. The van der Waals surface area contributed by atoms with Crippen LogP contribution in [0.15, 0.2) is 47.6 Å². The predicted molar refractivity (Wildman–Crippen MR) is 121 cm³/mol. The molecule has 33 heavy (non-hydrogen) atoms. The van der Waals surface area contributed by atoms with Gasteiger partial charge in [0.15, 0.2) is 11.0 Å². The number of halogens is 2. The highest BCUT2D eigenvalue weighted by atomic mass is 35.5. The van der Waals surface area contributed by atoms with Gasteiger partial charge in [0, 0.05) is 19.2 Å². The summed E-state index contributed by atoms with van der Waals surface area (Å²) in [5, 5.41) is 24.7. The maximum Gasteiger partial charge on any atom is 0.271 e. The van der Waals surface area contributed by atoms with Gasteiger partial charge in [-0.05, 0) is 25.1 Å². The molecule has 1 atom stereocenters. The van der Waals surface area contributed by atoms with Gasteiger partial charge in [-0.15, -0.1) is 10.2 Å². The highest BCUT2D eigenvalue weighted by Crippen LogP contribution is 2.27. The molecule has 3 rings (SSSR count). The van der Waals surface area contributed by atoms with E-state index in [0.717, 1.165) is 11.8 Å². The number of nitrogens with zero attached hydrogens (tertiary/aromatic N) is 4. The zero-order chi connectivity index (χ0) is 24.1. The molecule has 13 heteroatoms. The molecule has 1 heterocycles. The van der Waals surface area contributed by atoms with E-state index in [0.29, 0.717) is 11.0 Å². The molecule has 2 aromatic carbocycles. The molecular weight excluding hydrogens is 475 g/mol. The number of hydrogen-bond acceptors (Lipinski definition) is 7. The largest absolute Gasteiger partial charge is 0.342 e. The van der Waals surface area contributed by atoms with Crippen LogP contribution in [0.2, 0.25) is 5.02 Å². The molecule has 0 aliphatic heterocycles. The normalized spacial score (nSPS) is 11.6. The predicted octanol–water partition coefficient (Wildman–Crippen LogP) is 3.74.